The Hall–Kier alpha value is -3.00. The molecular weight excluding hydrogens is 340 g/mol. The molecule has 1 aliphatic heterocycles. The number of aromatic nitrogens is 2. The fourth-order valence-corrected chi connectivity index (χ4v) is 3.58. The number of nitrogens with one attached hydrogen (secondary N) is 1. The second-order valence-electron chi connectivity index (χ2n) is 5.62. The Morgan fingerprint density at radius 1 is 1.20 bits per heavy atom. The highest BCUT2D eigenvalue weighted by molar-refractivity contribution is 7.15. The third kappa shape index (κ3) is 3.16. The summed E-state index contributed by atoms with van der Waals surface area (Å²) in [6, 6.07) is 12.8. The van der Waals surface area contributed by atoms with Crippen molar-refractivity contribution in [1.29, 1.82) is 0 Å². The number of amides is 2. The summed E-state index contributed by atoms with van der Waals surface area (Å²) in [6.45, 7) is 0.559. The Bertz CT molecular complexity index is 892. The predicted molar refractivity (Wildman–Crippen MR) is 92.7 cm³/mol. The quantitative estimate of drug-likeness (QED) is 0.778. The fourth-order valence-electron chi connectivity index (χ4n) is 2.75. The molecule has 3 heterocycles. The van der Waals surface area contributed by atoms with E-state index in [-0.39, 0.29) is 23.5 Å². The van der Waals surface area contributed by atoms with Gasteiger partial charge in [-0.1, -0.05) is 29.5 Å². The van der Waals surface area contributed by atoms with Crippen LogP contribution in [0.25, 0.3) is 0 Å². The van der Waals surface area contributed by atoms with Crippen LogP contribution >= 0.6 is 11.3 Å². The zero-order valence-electron chi connectivity index (χ0n) is 13.1. The highest BCUT2D eigenvalue weighted by Gasteiger charge is 2.33. The Balaban J connectivity index is 1.46. The van der Waals surface area contributed by atoms with Crippen LogP contribution in [0.4, 0.5) is 10.8 Å². The molecule has 3 aromatic rings. The van der Waals surface area contributed by atoms with E-state index >= 15 is 0 Å². The number of carbonyl (C=O) groups is 2. The molecule has 2 aromatic heterocycles. The zero-order chi connectivity index (χ0) is 17.2. The Morgan fingerprint density at radius 3 is 2.80 bits per heavy atom. The largest absolute Gasteiger partial charge is 0.459 e. The van der Waals surface area contributed by atoms with Crippen molar-refractivity contribution in [3.05, 3.63) is 59.5 Å². The number of nitrogens with zero attached hydrogens (tertiary/aromatic N) is 3. The molecule has 0 bridgehead atoms. The molecule has 0 aliphatic carbocycles. The van der Waals surface area contributed by atoms with E-state index in [0.717, 1.165) is 10.7 Å². The number of hydrogen-bond donors (Lipinski definition) is 1. The van der Waals surface area contributed by atoms with Crippen molar-refractivity contribution in [2.24, 2.45) is 0 Å². The maximum atomic E-state index is 12.3. The van der Waals surface area contributed by atoms with Crippen LogP contribution in [0.15, 0.2) is 53.1 Å². The van der Waals surface area contributed by atoms with E-state index in [0.29, 0.717) is 18.1 Å². The summed E-state index contributed by atoms with van der Waals surface area (Å²) in [5, 5.41) is 11.9. The molecule has 4 rings (SSSR count). The van der Waals surface area contributed by atoms with Gasteiger partial charge in [-0.25, -0.2) is 0 Å². The minimum Gasteiger partial charge on any atom is -0.459 e. The van der Waals surface area contributed by atoms with Crippen LogP contribution in [0.2, 0.25) is 0 Å². The molecule has 8 heteroatoms. The topological polar surface area (TPSA) is 88.3 Å². The number of anilines is 2. The van der Waals surface area contributed by atoms with E-state index in [1.165, 1.54) is 17.6 Å². The number of para-hydroxylation sites is 1. The van der Waals surface area contributed by atoms with Crippen molar-refractivity contribution in [3.63, 3.8) is 0 Å². The van der Waals surface area contributed by atoms with Crippen molar-refractivity contribution in [1.82, 2.24) is 10.2 Å². The maximum absolute atomic E-state index is 12.3. The lowest BCUT2D eigenvalue weighted by molar-refractivity contribution is -0.117. The van der Waals surface area contributed by atoms with Gasteiger partial charge < -0.3 is 9.32 Å². The van der Waals surface area contributed by atoms with Crippen molar-refractivity contribution in [3.8, 4) is 0 Å². The third-order valence-corrected chi connectivity index (χ3v) is 4.95. The summed E-state index contributed by atoms with van der Waals surface area (Å²) >= 11 is 1.28. The van der Waals surface area contributed by atoms with Crippen LogP contribution in [0.1, 0.15) is 27.9 Å². The van der Waals surface area contributed by atoms with Gasteiger partial charge in [-0.15, -0.1) is 10.2 Å². The minimum atomic E-state index is -0.374. The first-order chi connectivity index (χ1) is 12.2. The standard InChI is InChI=1S/C17H14N4O3S/c22-14-9-11(10-21(14)12-5-2-1-3-6-12)16-19-20-17(25-16)18-15(23)13-7-4-8-24-13/h1-8,11H,9-10H2,(H,18,20,23)/t11-/m0/s1. The van der Waals surface area contributed by atoms with Gasteiger partial charge in [-0.05, 0) is 24.3 Å². The highest BCUT2D eigenvalue weighted by Crippen LogP contribution is 2.34. The smallest absolute Gasteiger partial charge is 0.293 e. The van der Waals surface area contributed by atoms with Gasteiger partial charge in [-0.3, -0.25) is 14.9 Å². The summed E-state index contributed by atoms with van der Waals surface area (Å²) < 4.78 is 5.04. The molecule has 1 aromatic carbocycles. The first-order valence-corrected chi connectivity index (χ1v) is 8.56. The van der Waals surface area contributed by atoms with Gasteiger partial charge in [0.1, 0.15) is 5.01 Å². The van der Waals surface area contributed by atoms with Crippen molar-refractivity contribution in [2.75, 3.05) is 16.8 Å². The van der Waals surface area contributed by atoms with Gasteiger partial charge in [0, 0.05) is 24.6 Å². The lowest BCUT2D eigenvalue weighted by Gasteiger charge is -2.15. The van der Waals surface area contributed by atoms with Crippen molar-refractivity contribution < 1.29 is 14.0 Å². The monoisotopic (exact) mass is 354 g/mol. The summed E-state index contributed by atoms with van der Waals surface area (Å²) in [5.74, 6) is -0.129. The lowest BCUT2D eigenvalue weighted by Crippen LogP contribution is -2.24. The minimum absolute atomic E-state index is 0.0283. The number of furan rings is 1. The average Bonchev–Trinajstić information content (AvgIpc) is 3.36. The van der Waals surface area contributed by atoms with Crippen LogP contribution in [0.3, 0.4) is 0 Å². The fraction of sp³-hybridized carbons (Fsp3) is 0.176. The van der Waals surface area contributed by atoms with Crippen LogP contribution in [-0.2, 0) is 4.79 Å². The van der Waals surface area contributed by atoms with E-state index in [2.05, 4.69) is 15.5 Å². The van der Waals surface area contributed by atoms with E-state index in [1.54, 1.807) is 17.0 Å². The average molecular weight is 354 g/mol. The molecule has 0 saturated carbocycles. The molecule has 2 amide bonds. The summed E-state index contributed by atoms with van der Waals surface area (Å²) in [7, 11) is 0. The summed E-state index contributed by atoms with van der Waals surface area (Å²) in [5.41, 5.74) is 0.880. The zero-order valence-corrected chi connectivity index (χ0v) is 13.9. The molecule has 0 spiro atoms. The number of hydrogen-bond acceptors (Lipinski definition) is 6. The molecule has 1 aliphatic rings. The molecule has 126 valence electrons. The van der Waals surface area contributed by atoms with Crippen molar-refractivity contribution >= 4 is 34.0 Å². The molecule has 1 fully saturated rings. The SMILES string of the molecule is O=C(Nc1nnc([C@H]2CC(=O)N(c3ccccc3)C2)s1)c1ccco1. The van der Waals surface area contributed by atoms with Gasteiger partial charge in [0.05, 0.1) is 6.26 Å². The Labute approximate surface area is 147 Å². The van der Waals surface area contributed by atoms with Crippen LogP contribution in [-0.4, -0.2) is 28.6 Å². The van der Waals surface area contributed by atoms with E-state index in [9.17, 15) is 9.59 Å². The molecule has 25 heavy (non-hydrogen) atoms. The summed E-state index contributed by atoms with van der Waals surface area (Å²) in [6.07, 6.45) is 1.82. The van der Waals surface area contributed by atoms with Crippen LogP contribution < -0.4 is 10.2 Å². The highest BCUT2D eigenvalue weighted by atomic mass is 32.1. The van der Waals surface area contributed by atoms with Crippen LogP contribution in [0.5, 0.6) is 0 Å². The third-order valence-electron chi connectivity index (χ3n) is 3.95. The Kier molecular flexibility index (Phi) is 4.02. The van der Waals surface area contributed by atoms with Gasteiger partial charge >= 0.3 is 0 Å². The second kappa shape index (κ2) is 6.48. The number of carbonyl (C=O) groups excluding carboxylic acids is 2. The van der Waals surface area contributed by atoms with E-state index in [1.807, 2.05) is 30.3 Å². The normalized spacial score (nSPS) is 17.0. The number of benzene rings is 1. The van der Waals surface area contributed by atoms with Crippen LogP contribution in [0, 0.1) is 0 Å². The lowest BCUT2D eigenvalue weighted by atomic mass is 10.1. The first-order valence-electron chi connectivity index (χ1n) is 7.74. The molecule has 1 atom stereocenters. The molecule has 1 saturated heterocycles. The Morgan fingerprint density at radius 2 is 2.04 bits per heavy atom. The maximum Gasteiger partial charge on any atom is 0.293 e. The van der Waals surface area contributed by atoms with Gasteiger partial charge in [0.25, 0.3) is 5.91 Å². The molecular formula is C17H14N4O3S. The molecule has 0 radical (unpaired) electrons. The predicted octanol–water partition coefficient (Wildman–Crippen LogP) is 2.90. The van der Waals surface area contributed by atoms with E-state index in [4.69, 9.17) is 4.42 Å². The van der Waals surface area contributed by atoms with Gasteiger partial charge in [-0.2, -0.15) is 0 Å². The van der Waals surface area contributed by atoms with E-state index < -0.39 is 0 Å². The second-order valence-corrected chi connectivity index (χ2v) is 6.63. The first kappa shape index (κ1) is 15.5. The number of rotatable bonds is 4. The molecule has 7 nitrogen and oxygen atoms in total. The molecule has 1 N–H and O–H groups in total. The van der Waals surface area contributed by atoms with Gasteiger partial charge in [0.15, 0.2) is 5.76 Å². The molecule has 0 unspecified atom stereocenters. The summed E-state index contributed by atoms with van der Waals surface area (Å²) in [4.78, 5) is 26.0. The van der Waals surface area contributed by atoms with Crippen molar-refractivity contribution in [2.45, 2.75) is 12.3 Å². The van der Waals surface area contributed by atoms with Gasteiger partial charge in [0.2, 0.25) is 11.0 Å².